The van der Waals surface area contributed by atoms with Crippen molar-refractivity contribution in [3.05, 3.63) is 59.7 Å². The van der Waals surface area contributed by atoms with E-state index >= 15 is 0 Å². The Bertz CT molecular complexity index is 857. The van der Waals surface area contributed by atoms with Gasteiger partial charge in [-0.05, 0) is 44.5 Å². The molecule has 2 aromatic rings. The zero-order valence-electron chi connectivity index (χ0n) is 16.6. The van der Waals surface area contributed by atoms with Crippen LogP contribution in [0.5, 0.6) is 5.75 Å². The van der Waals surface area contributed by atoms with Crippen molar-refractivity contribution < 1.29 is 23.8 Å². The van der Waals surface area contributed by atoms with Crippen molar-refractivity contribution in [1.29, 1.82) is 0 Å². The number of nitrogens with zero attached hydrogens (tertiary/aromatic N) is 1. The van der Waals surface area contributed by atoms with E-state index in [9.17, 15) is 9.59 Å². The number of benzene rings is 2. The van der Waals surface area contributed by atoms with E-state index in [0.29, 0.717) is 24.4 Å². The molecular formula is C22H25NO5. The van der Waals surface area contributed by atoms with Crippen LogP contribution < -0.4 is 9.64 Å². The molecule has 2 aromatic carbocycles. The Balaban J connectivity index is 1.93. The Morgan fingerprint density at radius 2 is 1.86 bits per heavy atom. The molecule has 1 aliphatic heterocycles. The monoisotopic (exact) mass is 383 g/mol. The molecule has 1 unspecified atom stereocenters. The van der Waals surface area contributed by atoms with Gasteiger partial charge in [-0.25, -0.2) is 9.59 Å². The maximum absolute atomic E-state index is 12.6. The average molecular weight is 383 g/mol. The van der Waals surface area contributed by atoms with Crippen LogP contribution in [-0.2, 0) is 20.8 Å². The van der Waals surface area contributed by atoms with Gasteiger partial charge in [0.15, 0.2) is 0 Å². The van der Waals surface area contributed by atoms with E-state index in [4.69, 9.17) is 14.2 Å². The van der Waals surface area contributed by atoms with Crippen molar-refractivity contribution >= 4 is 17.6 Å². The summed E-state index contributed by atoms with van der Waals surface area (Å²) < 4.78 is 16.2. The van der Waals surface area contributed by atoms with E-state index in [2.05, 4.69) is 0 Å². The van der Waals surface area contributed by atoms with E-state index in [0.717, 1.165) is 11.3 Å². The summed E-state index contributed by atoms with van der Waals surface area (Å²) in [6.45, 7) is 6.37. The van der Waals surface area contributed by atoms with Crippen LogP contribution in [0.4, 0.5) is 5.69 Å². The Labute approximate surface area is 165 Å². The molecule has 6 nitrogen and oxygen atoms in total. The first kappa shape index (κ1) is 19.7. The Hall–Kier alpha value is -3.02. The highest BCUT2D eigenvalue weighted by Gasteiger charge is 2.34. The van der Waals surface area contributed by atoms with E-state index in [1.54, 1.807) is 18.2 Å². The van der Waals surface area contributed by atoms with Crippen molar-refractivity contribution in [2.45, 2.75) is 39.0 Å². The molecular weight excluding hydrogens is 358 g/mol. The number of anilines is 1. The predicted octanol–water partition coefficient (Wildman–Crippen LogP) is 3.58. The maximum Gasteiger partial charge on any atom is 0.349 e. The van der Waals surface area contributed by atoms with Gasteiger partial charge in [0, 0.05) is 6.54 Å². The summed E-state index contributed by atoms with van der Waals surface area (Å²) in [5, 5.41) is 0. The fourth-order valence-electron chi connectivity index (χ4n) is 3.04. The number of rotatable bonds is 4. The second kappa shape index (κ2) is 7.92. The van der Waals surface area contributed by atoms with Crippen molar-refractivity contribution in [1.82, 2.24) is 0 Å². The molecule has 0 saturated carbocycles. The van der Waals surface area contributed by atoms with Crippen LogP contribution >= 0.6 is 0 Å². The third-order valence-electron chi connectivity index (χ3n) is 4.26. The molecule has 1 atom stereocenters. The van der Waals surface area contributed by atoms with E-state index < -0.39 is 23.6 Å². The summed E-state index contributed by atoms with van der Waals surface area (Å²) >= 11 is 0. The molecule has 0 radical (unpaired) electrons. The maximum atomic E-state index is 12.6. The Morgan fingerprint density at radius 1 is 1.14 bits per heavy atom. The minimum atomic E-state index is -0.751. The van der Waals surface area contributed by atoms with Gasteiger partial charge in [-0.2, -0.15) is 0 Å². The molecule has 0 fully saturated rings. The smallest absolute Gasteiger partial charge is 0.349 e. The number of hydrogen-bond acceptors (Lipinski definition) is 6. The molecule has 0 aromatic heterocycles. The van der Waals surface area contributed by atoms with Crippen molar-refractivity contribution in [3.8, 4) is 5.75 Å². The van der Waals surface area contributed by atoms with Crippen LogP contribution in [0.1, 0.15) is 36.7 Å². The number of carbonyl (C=O) groups is 2. The van der Waals surface area contributed by atoms with Crippen molar-refractivity contribution in [2.24, 2.45) is 0 Å². The number of carbonyl (C=O) groups excluding carboxylic acids is 2. The molecule has 6 heteroatoms. The minimum absolute atomic E-state index is 0.321. The second-order valence-corrected chi connectivity index (χ2v) is 7.68. The molecule has 0 amide bonds. The SMILES string of the molecule is COC(=O)c1ccc2c(c1)N(Cc1ccccc1)CC(C(=O)OC(C)(C)C)O2. The van der Waals surface area contributed by atoms with Crippen LogP contribution in [0.2, 0.25) is 0 Å². The molecule has 0 saturated heterocycles. The van der Waals surface area contributed by atoms with E-state index in [1.165, 1.54) is 7.11 Å². The first-order valence-electron chi connectivity index (χ1n) is 9.17. The Morgan fingerprint density at radius 3 is 2.50 bits per heavy atom. The molecule has 1 heterocycles. The first-order valence-corrected chi connectivity index (χ1v) is 9.17. The number of methoxy groups -OCH3 is 1. The quantitative estimate of drug-likeness (QED) is 0.752. The first-order chi connectivity index (χ1) is 13.3. The lowest BCUT2D eigenvalue weighted by Gasteiger charge is -2.36. The van der Waals surface area contributed by atoms with Gasteiger partial charge in [-0.3, -0.25) is 0 Å². The molecule has 0 spiro atoms. The van der Waals surface area contributed by atoms with Gasteiger partial charge < -0.3 is 19.1 Å². The van der Waals surface area contributed by atoms with Gasteiger partial charge in [-0.1, -0.05) is 30.3 Å². The molecule has 0 N–H and O–H groups in total. The van der Waals surface area contributed by atoms with Gasteiger partial charge >= 0.3 is 11.9 Å². The molecule has 28 heavy (non-hydrogen) atoms. The summed E-state index contributed by atoms with van der Waals surface area (Å²) in [7, 11) is 1.35. The van der Waals surface area contributed by atoms with Gasteiger partial charge in [-0.15, -0.1) is 0 Å². The minimum Gasteiger partial charge on any atom is -0.475 e. The summed E-state index contributed by atoms with van der Waals surface area (Å²) in [4.78, 5) is 26.6. The summed E-state index contributed by atoms with van der Waals surface area (Å²) in [5.41, 5.74) is 1.66. The third kappa shape index (κ3) is 4.63. The van der Waals surface area contributed by atoms with E-state index in [-0.39, 0.29) is 0 Å². The lowest BCUT2D eigenvalue weighted by molar-refractivity contribution is -0.163. The predicted molar refractivity (Wildman–Crippen MR) is 106 cm³/mol. The largest absolute Gasteiger partial charge is 0.475 e. The van der Waals surface area contributed by atoms with Crippen LogP contribution in [0.15, 0.2) is 48.5 Å². The lowest BCUT2D eigenvalue weighted by atomic mass is 10.1. The van der Waals surface area contributed by atoms with Crippen LogP contribution in [0.25, 0.3) is 0 Å². The van der Waals surface area contributed by atoms with Gasteiger partial charge in [0.2, 0.25) is 6.10 Å². The number of ether oxygens (including phenoxy) is 3. The van der Waals surface area contributed by atoms with Crippen LogP contribution in [0, 0.1) is 0 Å². The second-order valence-electron chi connectivity index (χ2n) is 7.68. The summed E-state index contributed by atoms with van der Waals surface area (Å²) in [6, 6.07) is 15.0. The molecule has 1 aliphatic rings. The van der Waals surface area contributed by atoms with Crippen LogP contribution in [-0.4, -0.2) is 37.3 Å². The van der Waals surface area contributed by atoms with Crippen molar-refractivity contribution in [3.63, 3.8) is 0 Å². The van der Waals surface area contributed by atoms with Gasteiger partial charge in [0.05, 0.1) is 24.9 Å². The van der Waals surface area contributed by atoms with Crippen LogP contribution in [0.3, 0.4) is 0 Å². The van der Waals surface area contributed by atoms with Gasteiger partial charge in [0.1, 0.15) is 11.4 Å². The molecule has 0 bridgehead atoms. The lowest BCUT2D eigenvalue weighted by Crippen LogP contribution is -2.46. The van der Waals surface area contributed by atoms with E-state index in [1.807, 2.05) is 56.0 Å². The van der Waals surface area contributed by atoms with Crippen molar-refractivity contribution in [2.75, 3.05) is 18.6 Å². The summed E-state index contributed by atoms with van der Waals surface area (Å²) in [6.07, 6.45) is -0.751. The molecule has 0 aliphatic carbocycles. The number of esters is 2. The zero-order valence-corrected chi connectivity index (χ0v) is 16.6. The number of fused-ring (bicyclic) bond motifs is 1. The normalized spacial score (nSPS) is 16.0. The zero-order chi connectivity index (χ0) is 20.3. The molecule has 148 valence electrons. The number of hydrogen-bond donors (Lipinski definition) is 0. The topological polar surface area (TPSA) is 65.1 Å². The standard InChI is InChI=1S/C22H25NO5/c1-22(2,3)28-21(25)19-14-23(13-15-8-6-5-7-9-15)17-12-16(20(24)26-4)10-11-18(17)27-19/h5-12,19H,13-14H2,1-4H3. The fraction of sp³-hybridized carbons (Fsp3) is 0.364. The highest BCUT2D eigenvalue weighted by molar-refractivity contribution is 5.91. The third-order valence-corrected chi connectivity index (χ3v) is 4.26. The van der Waals surface area contributed by atoms with Gasteiger partial charge in [0.25, 0.3) is 0 Å². The summed E-state index contributed by atoms with van der Waals surface area (Å²) in [5.74, 6) is -0.296. The Kier molecular flexibility index (Phi) is 5.58. The average Bonchev–Trinajstić information content (AvgIpc) is 2.66. The highest BCUT2D eigenvalue weighted by Crippen LogP contribution is 2.36. The fourth-order valence-corrected chi connectivity index (χ4v) is 3.04. The highest BCUT2D eigenvalue weighted by atomic mass is 16.6. The molecule has 3 rings (SSSR count).